The molecule has 1 N–H and O–H groups in total. The second-order valence-electron chi connectivity index (χ2n) is 6.37. The van der Waals surface area contributed by atoms with Gasteiger partial charge in [0.05, 0.1) is 6.54 Å². The second kappa shape index (κ2) is 6.98. The Hall–Kier alpha value is -1.80. The Morgan fingerprint density at radius 2 is 2.33 bits per heavy atom. The van der Waals surface area contributed by atoms with E-state index >= 15 is 0 Å². The number of hydrogen-bond donors (Lipinski definition) is 1. The van der Waals surface area contributed by atoms with Crippen LogP contribution in [-0.4, -0.2) is 39.0 Å². The molecule has 0 spiro atoms. The summed E-state index contributed by atoms with van der Waals surface area (Å²) >= 11 is 1.60. The lowest BCUT2D eigenvalue weighted by Crippen LogP contribution is -2.47. The van der Waals surface area contributed by atoms with Crippen LogP contribution < -0.4 is 5.32 Å². The van der Waals surface area contributed by atoms with Gasteiger partial charge in [-0.2, -0.15) is 4.98 Å². The second-order valence-corrected chi connectivity index (χ2v) is 7.23. The number of aromatic nitrogens is 3. The van der Waals surface area contributed by atoms with E-state index in [4.69, 9.17) is 4.52 Å². The van der Waals surface area contributed by atoms with Crippen LogP contribution in [0.15, 0.2) is 9.90 Å². The molecule has 1 aliphatic rings. The van der Waals surface area contributed by atoms with E-state index in [1.165, 1.54) is 0 Å². The maximum absolute atomic E-state index is 11.7. The Kier molecular flexibility index (Phi) is 4.96. The number of nitrogens with one attached hydrogen (secondary N) is 1. The highest BCUT2D eigenvalue weighted by atomic mass is 32.1. The maximum atomic E-state index is 11.7. The summed E-state index contributed by atoms with van der Waals surface area (Å²) in [5, 5.41) is 10.2. The first kappa shape index (κ1) is 17.0. The molecule has 7 nitrogen and oxygen atoms in total. The average Bonchev–Trinajstić information content (AvgIpc) is 3.21. The predicted molar refractivity (Wildman–Crippen MR) is 90.5 cm³/mol. The van der Waals surface area contributed by atoms with E-state index < -0.39 is 5.54 Å². The van der Waals surface area contributed by atoms with Gasteiger partial charge >= 0.3 is 0 Å². The minimum absolute atomic E-state index is 0.0329. The van der Waals surface area contributed by atoms with Crippen LogP contribution in [0.2, 0.25) is 0 Å². The molecule has 24 heavy (non-hydrogen) atoms. The number of rotatable bonds is 6. The Morgan fingerprint density at radius 1 is 1.50 bits per heavy atom. The highest BCUT2D eigenvalue weighted by Gasteiger charge is 2.43. The van der Waals surface area contributed by atoms with Crippen molar-refractivity contribution < 1.29 is 9.32 Å². The molecule has 1 amide bonds. The van der Waals surface area contributed by atoms with Gasteiger partial charge in [-0.3, -0.25) is 9.69 Å². The molecule has 1 unspecified atom stereocenters. The van der Waals surface area contributed by atoms with Crippen LogP contribution in [-0.2, 0) is 23.3 Å². The zero-order valence-corrected chi connectivity index (χ0v) is 15.2. The molecule has 0 aromatic carbocycles. The van der Waals surface area contributed by atoms with Crippen LogP contribution in [0, 0.1) is 6.92 Å². The number of thiazole rings is 1. The molecule has 2 aromatic rings. The van der Waals surface area contributed by atoms with Crippen LogP contribution in [0.5, 0.6) is 0 Å². The van der Waals surface area contributed by atoms with Gasteiger partial charge in [0.15, 0.2) is 5.82 Å². The van der Waals surface area contributed by atoms with E-state index in [1.807, 2.05) is 12.3 Å². The fourth-order valence-corrected chi connectivity index (χ4v) is 4.11. The Morgan fingerprint density at radius 3 is 3.00 bits per heavy atom. The molecule has 0 saturated carbocycles. The smallest absolute Gasteiger partial charge is 0.226 e. The fourth-order valence-electron chi connectivity index (χ4n) is 3.13. The Labute approximate surface area is 145 Å². The molecule has 130 valence electrons. The molecule has 3 heterocycles. The monoisotopic (exact) mass is 349 g/mol. The van der Waals surface area contributed by atoms with Gasteiger partial charge in [-0.25, -0.2) is 4.98 Å². The molecule has 1 saturated heterocycles. The molecular formula is C16H23N5O2S. The highest BCUT2D eigenvalue weighted by molar-refractivity contribution is 7.09. The van der Waals surface area contributed by atoms with Crippen LogP contribution in [0.4, 0.5) is 0 Å². The summed E-state index contributed by atoms with van der Waals surface area (Å²) in [6, 6.07) is 0. The normalized spacial score (nSPS) is 21.3. The van der Waals surface area contributed by atoms with Gasteiger partial charge < -0.3 is 9.84 Å². The zero-order valence-electron chi connectivity index (χ0n) is 14.3. The van der Waals surface area contributed by atoms with Crippen LogP contribution in [0.3, 0.4) is 0 Å². The first-order chi connectivity index (χ1) is 11.5. The minimum Gasteiger partial charge on any atom is -0.343 e. The van der Waals surface area contributed by atoms with Crippen molar-refractivity contribution in [1.29, 1.82) is 0 Å². The van der Waals surface area contributed by atoms with Gasteiger partial charge in [-0.05, 0) is 19.8 Å². The number of likely N-dealkylation sites (tertiary alicyclic amines) is 1. The summed E-state index contributed by atoms with van der Waals surface area (Å²) in [5.74, 6) is 1.36. The average molecular weight is 349 g/mol. The number of aryl methyl sites for hydroxylation is 2. The van der Waals surface area contributed by atoms with Gasteiger partial charge in [-0.1, -0.05) is 12.1 Å². The third-order valence-corrected chi connectivity index (χ3v) is 5.30. The molecule has 0 aliphatic carbocycles. The van der Waals surface area contributed by atoms with E-state index in [1.54, 1.807) is 18.3 Å². The SMILES string of the molecule is CCCc1nc(CN2CCC(NC(C)=O)(c3nc(C)cs3)C2)no1. The maximum Gasteiger partial charge on any atom is 0.226 e. The zero-order chi connectivity index (χ0) is 17.2. The highest BCUT2D eigenvalue weighted by Crippen LogP contribution is 2.34. The first-order valence-corrected chi connectivity index (χ1v) is 9.14. The van der Waals surface area contributed by atoms with Crippen molar-refractivity contribution in [3.05, 3.63) is 27.8 Å². The van der Waals surface area contributed by atoms with E-state index in [0.717, 1.165) is 36.5 Å². The lowest BCUT2D eigenvalue weighted by Gasteiger charge is -2.28. The summed E-state index contributed by atoms with van der Waals surface area (Å²) in [4.78, 5) is 23.0. The van der Waals surface area contributed by atoms with Crippen LogP contribution in [0.1, 0.15) is 49.1 Å². The number of hydrogen-bond acceptors (Lipinski definition) is 7. The standard InChI is InChI=1S/C16H23N5O2S/c1-4-5-14-18-13(20-23-14)8-21-7-6-16(10-21,19-12(3)22)15-17-11(2)9-24-15/h9H,4-8,10H2,1-3H3,(H,19,22). The molecule has 1 fully saturated rings. The molecule has 3 rings (SSSR count). The van der Waals surface area contributed by atoms with E-state index in [9.17, 15) is 4.79 Å². The summed E-state index contributed by atoms with van der Waals surface area (Å²) in [6.07, 6.45) is 2.63. The van der Waals surface area contributed by atoms with Crippen molar-refractivity contribution in [2.24, 2.45) is 0 Å². The molecular weight excluding hydrogens is 326 g/mol. The van der Waals surface area contributed by atoms with E-state index in [2.05, 4.69) is 32.3 Å². The molecule has 2 aromatic heterocycles. The number of carbonyl (C=O) groups excluding carboxylic acids is 1. The lowest BCUT2D eigenvalue weighted by molar-refractivity contribution is -0.120. The summed E-state index contributed by atoms with van der Waals surface area (Å²) in [5.41, 5.74) is 0.571. The van der Waals surface area contributed by atoms with Gasteiger partial charge in [0.25, 0.3) is 0 Å². The summed E-state index contributed by atoms with van der Waals surface area (Å²) in [6.45, 7) is 7.80. The third kappa shape index (κ3) is 3.64. The van der Waals surface area contributed by atoms with Crippen molar-refractivity contribution in [1.82, 2.24) is 25.3 Å². The van der Waals surface area contributed by atoms with Crippen molar-refractivity contribution in [2.75, 3.05) is 13.1 Å². The molecule has 0 bridgehead atoms. The molecule has 0 radical (unpaired) electrons. The Balaban J connectivity index is 1.73. The number of amides is 1. The summed E-state index contributed by atoms with van der Waals surface area (Å²) in [7, 11) is 0. The fraction of sp³-hybridized carbons (Fsp3) is 0.625. The van der Waals surface area contributed by atoms with Gasteiger partial charge in [-0.15, -0.1) is 11.3 Å². The van der Waals surface area contributed by atoms with Crippen molar-refractivity contribution in [3.8, 4) is 0 Å². The van der Waals surface area contributed by atoms with E-state index in [-0.39, 0.29) is 5.91 Å². The predicted octanol–water partition coefficient (Wildman–Crippen LogP) is 2.02. The topological polar surface area (TPSA) is 84.2 Å². The summed E-state index contributed by atoms with van der Waals surface area (Å²) < 4.78 is 5.25. The third-order valence-electron chi connectivity index (χ3n) is 4.13. The van der Waals surface area contributed by atoms with Crippen molar-refractivity contribution >= 4 is 17.2 Å². The van der Waals surface area contributed by atoms with Gasteiger partial charge in [0.2, 0.25) is 11.8 Å². The van der Waals surface area contributed by atoms with Crippen LogP contribution in [0.25, 0.3) is 0 Å². The Bertz CT molecular complexity index is 713. The number of carbonyl (C=O) groups is 1. The van der Waals surface area contributed by atoms with E-state index in [0.29, 0.717) is 24.8 Å². The number of nitrogens with zero attached hydrogens (tertiary/aromatic N) is 4. The van der Waals surface area contributed by atoms with Gasteiger partial charge in [0.1, 0.15) is 10.5 Å². The minimum atomic E-state index is -0.416. The molecule has 1 aliphatic heterocycles. The first-order valence-electron chi connectivity index (χ1n) is 8.26. The van der Waals surface area contributed by atoms with Gasteiger partial charge in [0, 0.05) is 37.5 Å². The lowest BCUT2D eigenvalue weighted by atomic mass is 9.99. The van der Waals surface area contributed by atoms with Crippen LogP contribution >= 0.6 is 11.3 Å². The van der Waals surface area contributed by atoms with Crippen molar-refractivity contribution in [2.45, 2.75) is 52.1 Å². The molecule has 1 atom stereocenters. The largest absolute Gasteiger partial charge is 0.343 e. The van der Waals surface area contributed by atoms with Crippen molar-refractivity contribution in [3.63, 3.8) is 0 Å². The quantitative estimate of drug-likeness (QED) is 0.859. The molecule has 8 heteroatoms.